The van der Waals surface area contributed by atoms with E-state index in [0.717, 1.165) is 22.7 Å². The molecule has 82 valence electrons. The molecule has 2 heterocycles. The number of fused-ring (bicyclic) bond motifs is 1. The molecule has 0 amide bonds. The monoisotopic (exact) mass is 226 g/mol. The van der Waals surface area contributed by atoms with Crippen LogP contribution < -0.4 is 4.90 Å². The van der Waals surface area contributed by atoms with Crippen LogP contribution in [-0.4, -0.2) is 28.7 Å². The highest BCUT2D eigenvalue weighted by molar-refractivity contribution is 5.85. The van der Waals surface area contributed by atoms with Crippen molar-refractivity contribution >= 4 is 23.7 Å². The fourth-order valence-corrected chi connectivity index (χ4v) is 1.64. The van der Waals surface area contributed by atoms with Gasteiger partial charge in [-0.05, 0) is 19.9 Å². The van der Waals surface area contributed by atoms with E-state index in [1.165, 1.54) is 0 Å². The van der Waals surface area contributed by atoms with Gasteiger partial charge in [-0.3, -0.25) is 0 Å². The van der Waals surface area contributed by atoms with Crippen molar-refractivity contribution in [2.45, 2.75) is 13.8 Å². The van der Waals surface area contributed by atoms with Crippen molar-refractivity contribution in [1.29, 1.82) is 0 Å². The Morgan fingerprint density at radius 3 is 2.53 bits per heavy atom. The van der Waals surface area contributed by atoms with Gasteiger partial charge in [0.1, 0.15) is 5.69 Å². The summed E-state index contributed by atoms with van der Waals surface area (Å²) in [5.74, 6) is 0. The molecular weight excluding hydrogens is 212 g/mol. The molecule has 0 aliphatic carbocycles. The van der Waals surface area contributed by atoms with E-state index in [2.05, 4.69) is 10.1 Å². The highest BCUT2D eigenvalue weighted by Crippen LogP contribution is 2.21. The molecule has 4 nitrogen and oxygen atoms in total. The third-order valence-electron chi connectivity index (χ3n) is 2.22. The molecule has 0 N–H and O–H groups in total. The number of aromatic nitrogens is 3. The lowest BCUT2D eigenvalue weighted by Gasteiger charge is -2.10. The van der Waals surface area contributed by atoms with Crippen LogP contribution in [-0.2, 0) is 0 Å². The van der Waals surface area contributed by atoms with Crippen molar-refractivity contribution in [2.24, 2.45) is 0 Å². The molecule has 2 aromatic heterocycles. The first-order chi connectivity index (χ1) is 6.59. The molecule has 2 aromatic rings. The average molecular weight is 227 g/mol. The average Bonchev–Trinajstić information content (AvgIpc) is 2.40. The minimum atomic E-state index is 0. The second kappa shape index (κ2) is 4.06. The van der Waals surface area contributed by atoms with Crippen LogP contribution in [0.5, 0.6) is 0 Å². The Kier molecular flexibility index (Phi) is 3.19. The summed E-state index contributed by atoms with van der Waals surface area (Å²) in [4.78, 5) is 6.52. The fraction of sp³-hybridized carbons (Fsp3) is 0.400. The SMILES string of the molecule is Cc1ccn2nc(C)c(N(C)C)c2n1.Cl. The summed E-state index contributed by atoms with van der Waals surface area (Å²) in [6.07, 6.45) is 1.94. The second-order valence-corrected chi connectivity index (χ2v) is 3.67. The Balaban J connectivity index is 0.00000112. The van der Waals surface area contributed by atoms with E-state index < -0.39 is 0 Å². The molecule has 0 saturated carbocycles. The number of hydrogen-bond acceptors (Lipinski definition) is 3. The van der Waals surface area contributed by atoms with Gasteiger partial charge in [0.05, 0.1) is 5.69 Å². The van der Waals surface area contributed by atoms with Crippen LogP contribution in [0.2, 0.25) is 0 Å². The zero-order chi connectivity index (χ0) is 10.3. The first-order valence-corrected chi connectivity index (χ1v) is 4.59. The molecule has 0 bridgehead atoms. The molecule has 0 fully saturated rings. The largest absolute Gasteiger partial charge is 0.373 e. The van der Waals surface area contributed by atoms with Gasteiger partial charge in [0, 0.05) is 26.0 Å². The van der Waals surface area contributed by atoms with Crippen molar-refractivity contribution < 1.29 is 0 Å². The number of nitrogens with zero attached hydrogens (tertiary/aromatic N) is 4. The van der Waals surface area contributed by atoms with Crippen molar-refractivity contribution in [3.05, 3.63) is 23.7 Å². The fourth-order valence-electron chi connectivity index (χ4n) is 1.64. The lowest BCUT2D eigenvalue weighted by molar-refractivity contribution is 0.909. The topological polar surface area (TPSA) is 33.4 Å². The molecule has 0 spiro atoms. The number of halogens is 1. The standard InChI is InChI=1S/C10H14N4.ClH/c1-7-5-6-14-10(11-7)9(13(3)4)8(2)12-14;/h5-6H,1-4H3;1H. The van der Waals surface area contributed by atoms with Gasteiger partial charge >= 0.3 is 0 Å². The minimum absolute atomic E-state index is 0. The van der Waals surface area contributed by atoms with Crippen LogP contribution in [0.4, 0.5) is 5.69 Å². The van der Waals surface area contributed by atoms with Crippen LogP contribution in [0.25, 0.3) is 5.65 Å². The number of hydrogen-bond donors (Lipinski definition) is 0. The molecule has 0 aromatic carbocycles. The molecule has 5 heteroatoms. The normalized spacial score (nSPS) is 10.1. The van der Waals surface area contributed by atoms with Gasteiger partial charge in [-0.15, -0.1) is 12.4 Å². The number of rotatable bonds is 1. The smallest absolute Gasteiger partial charge is 0.179 e. The lowest BCUT2D eigenvalue weighted by Crippen LogP contribution is -2.10. The van der Waals surface area contributed by atoms with Crippen LogP contribution in [0, 0.1) is 13.8 Å². The van der Waals surface area contributed by atoms with Gasteiger partial charge in [0.25, 0.3) is 0 Å². The van der Waals surface area contributed by atoms with E-state index in [9.17, 15) is 0 Å². The van der Waals surface area contributed by atoms with E-state index in [0.29, 0.717) is 0 Å². The summed E-state index contributed by atoms with van der Waals surface area (Å²) in [5, 5.41) is 4.39. The summed E-state index contributed by atoms with van der Waals surface area (Å²) in [6, 6.07) is 1.96. The van der Waals surface area contributed by atoms with Gasteiger partial charge in [-0.1, -0.05) is 0 Å². The van der Waals surface area contributed by atoms with E-state index in [1.54, 1.807) is 0 Å². The van der Waals surface area contributed by atoms with Crippen LogP contribution in [0.15, 0.2) is 12.3 Å². The third kappa shape index (κ3) is 1.90. The van der Waals surface area contributed by atoms with Gasteiger partial charge in [-0.2, -0.15) is 5.10 Å². The highest BCUT2D eigenvalue weighted by atomic mass is 35.5. The third-order valence-corrected chi connectivity index (χ3v) is 2.22. The maximum absolute atomic E-state index is 4.48. The molecule has 0 radical (unpaired) electrons. The van der Waals surface area contributed by atoms with E-state index in [4.69, 9.17) is 0 Å². The number of anilines is 1. The minimum Gasteiger partial charge on any atom is -0.373 e. The van der Waals surface area contributed by atoms with E-state index >= 15 is 0 Å². The molecule has 0 aliphatic heterocycles. The van der Waals surface area contributed by atoms with Gasteiger partial charge < -0.3 is 4.90 Å². The predicted octanol–water partition coefficient (Wildman–Crippen LogP) is 1.83. The summed E-state index contributed by atoms with van der Waals surface area (Å²) in [7, 11) is 4.02. The number of aryl methyl sites for hydroxylation is 2. The summed E-state index contributed by atoms with van der Waals surface area (Å²) in [5.41, 5.74) is 4.04. The van der Waals surface area contributed by atoms with Crippen molar-refractivity contribution in [1.82, 2.24) is 14.6 Å². The maximum atomic E-state index is 4.48. The van der Waals surface area contributed by atoms with Crippen LogP contribution >= 0.6 is 12.4 Å². The van der Waals surface area contributed by atoms with Crippen LogP contribution in [0.1, 0.15) is 11.4 Å². The quantitative estimate of drug-likeness (QED) is 0.744. The first-order valence-electron chi connectivity index (χ1n) is 4.59. The predicted molar refractivity (Wildman–Crippen MR) is 64.0 cm³/mol. The Morgan fingerprint density at radius 2 is 1.93 bits per heavy atom. The molecular formula is C10H15ClN4. The molecule has 0 unspecified atom stereocenters. The zero-order valence-corrected chi connectivity index (χ0v) is 10.2. The second-order valence-electron chi connectivity index (χ2n) is 3.67. The lowest BCUT2D eigenvalue weighted by atomic mass is 10.3. The van der Waals surface area contributed by atoms with Crippen molar-refractivity contribution in [2.75, 3.05) is 19.0 Å². The summed E-state index contributed by atoms with van der Waals surface area (Å²) >= 11 is 0. The van der Waals surface area contributed by atoms with Crippen molar-refractivity contribution in [3.63, 3.8) is 0 Å². The van der Waals surface area contributed by atoms with Crippen molar-refractivity contribution in [3.8, 4) is 0 Å². The van der Waals surface area contributed by atoms with E-state index in [1.807, 2.05) is 49.6 Å². The van der Waals surface area contributed by atoms with Gasteiger partial charge in [0.15, 0.2) is 5.65 Å². The molecule has 0 aliphatic rings. The molecule has 15 heavy (non-hydrogen) atoms. The van der Waals surface area contributed by atoms with Crippen LogP contribution in [0.3, 0.4) is 0 Å². The Bertz CT molecular complexity index is 475. The Hall–Kier alpha value is -1.29. The highest BCUT2D eigenvalue weighted by Gasteiger charge is 2.11. The first kappa shape index (κ1) is 11.8. The summed E-state index contributed by atoms with van der Waals surface area (Å²) in [6.45, 7) is 3.99. The Labute approximate surface area is 95.3 Å². The van der Waals surface area contributed by atoms with E-state index in [-0.39, 0.29) is 12.4 Å². The van der Waals surface area contributed by atoms with Gasteiger partial charge in [0.2, 0.25) is 0 Å². The molecule has 0 saturated heterocycles. The summed E-state index contributed by atoms with van der Waals surface area (Å²) < 4.78 is 1.82. The molecule has 2 rings (SSSR count). The molecule has 0 atom stereocenters. The maximum Gasteiger partial charge on any atom is 0.179 e. The zero-order valence-electron chi connectivity index (χ0n) is 9.35. The van der Waals surface area contributed by atoms with Gasteiger partial charge in [-0.25, -0.2) is 9.50 Å². The Morgan fingerprint density at radius 1 is 1.27 bits per heavy atom.